The number of anilines is 1. The average Bonchev–Trinajstić information content (AvgIpc) is 2.36. The van der Waals surface area contributed by atoms with E-state index in [1.807, 2.05) is 37.3 Å². The fraction of sp³-hybridized carbons (Fsp3) is 0.231. The maximum atomic E-state index is 11.7. The third kappa shape index (κ3) is 3.92. The minimum absolute atomic E-state index is 0.426. The molecule has 0 aliphatic heterocycles. The second kappa shape index (κ2) is 5.90. The van der Waals surface area contributed by atoms with E-state index >= 15 is 0 Å². The van der Waals surface area contributed by atoms with Crippen LogP contribution in [0.25, 0.3) is 10.8 Å². The van der Waals surface area contributed by atoms with Crippen LogP contribution in [0.15, 0.2) is 40.9 Å². The summed E-state index contributed by atoms with van der Waals surface area (Å²) in [6.07, 6.45) is 0.757. The summed E-state index contributed by atoms with van der Waals surface area (Å²) in [6, 6.07) is 11.3. The molecule has 6 heteroatoms. The highest BCUT2D eigenvalue weighted by Gasteiger charge is 2.08. The smallest absolute Gasteiger partial charge is 0.271 e. The fourth-order valence-electron chi connectivity index (χ4n) is 1.71. The molecule has 0 aromatic heterocycles. The quantitative estimate of drug-likeness (QED) is 0.876. The molecule has 0 heterocycles. The Morgan fingerprint density at radius 3 is 2.53 bits per heavy atom. The van der Waals surface area contributed by atoms with Gasteiger partial charge in [-0.2, -0.15) is 13.1 Å². The SMILES string of the molecule is CCCNS(=O)(=O)Nc1ccc2cc(Br)ccc2c1. The van der Waals surface area contributed by atoms with Crippen LogP contribution < -0.4 is 9.44 Å². The molecule has 0 fully saturated rings. The Morgan fingerprint density at radius 1 is 1.11 bits per heavy atom. The van der Waals surface area contributed by atoms with Crippen molar-refractivity contribution >= 4 is 42.6 Å². The first-order valence-corrected chi connectivity index (χ1v) is 8.24. The lowest BCUT2D eigenvalue weighted by molar-refractivity contribution is 0.586. The van der Waals surface area contributed by atoms with Gasteiger partial charge in [0, 0.05) is 11.0 Å². The van der Waals surface area contributed by atoms with Crippen LogP contribution in [0, 0.1) is 0 Å². The molecule has 0 spiro atoms. The predicted molar refractivity (Wildman–Crippen MR) is 82.5 cm³/mol. The van der Waals surface area contributed by atoms with E-state index in [0.29, 0.717) is 12.2 Å². The lowest BCUT2D eigenvalue weighted by atomic mass is 10.1. The molecule has 2 N–H and O–H groups in total. The summed E-state index contributed by atoms with van der Waals surface area (Å²) in [5.41, 5.74) is 0.554. The van der Waals surface area contributed by atoms with Gasteiger partial charge in [-0.05, 0) is 41.5 Å². The number of halogens is 1. The van der Waals surface area contributed by atoms with E-state index in [2.05, 4.69) is 25.4 Å². The Balaban J connectivity index is 2.24. The molecule has 19 heavy (non-hydrogen) atoms. The van der Waals surface area contributed by atoms with E-state index in [-0.39, 0.29) is 0 Å². The Morgan fingerprint density at radius 2 is 1.79 bits per heavy atom. The van der Waals surface area contributed by atoms with Gasteiger partial charge >= 0.3 is 0 Å². The molecular weight excluding hydrogens is 328 g/mol. The number of hydrogen-bond acceptors (Lipinski definition) is 2. The lowest BCUT2D eigenvalue weighted by Crippen LogP contribution is -2.30. The zero-order chi connectivity index (χ0) is 13.9. The van der Waals surface area contributed by atoms with Gasteiger partial charge in [-0.3, -0.25) is 4.72 Å². The summed E-state index contributed by atoms with van der Waals surface area (Å²) >= 11 is 3.41. The molecule has 0 atom stereocenters. The molecule has 2 rings (SSSR count). The summed E-state index contributed by atoms with van der Waals surface area (Å²) in [5, 5.41) is 2.04. The number of fused-ring (bicyclic) bond motifs is 1. The Hall–Kier alpha value is -1.11. The topological polar surface area (TPSA) is 58.2 Å². The standard InChI is InChI=1S/C13H15BrN2O2S/c1-2-7-15-19(17,18)16-13-6-4-10-8-12(14)5-3-11(10)9-13/h3-6,8-9,15-16H,2,7H2,1H3. The van der Waals surface area contributed by atoms with Gasteiger partial charge in [-0.15, -0.1) is 0 Å². The zero-order valence-corrected chi connectivity index (χ0v) is 12.9. The monoisotopic (exact) mass is 342 g/mol. The first-order chi connectivity index (χ1) is 9.00. The van der Waals surface area contributed by atoms with Crippen LogP contribution in [0.2, 0.25) is 0 Å². The summed E-state index contributed by atoms with van der Waals surface area (Å²) in [6.45, 7) is 2.34. The van der Waals surface area contributed by atoms with E-state index in [0.717, 1.165) is 21.7 Å². The van der Waals surface area contributed by atoms with Crippen LogP contribution in [0.1, 0.15) is 13.3 Å². The predicted octanol–water partition coefficient (Wildman–Crippen LogP) is 3.26. The third-order valence-electron chi connectivity index (χ3n) is 2.60. The van der Waals surface area contributed by atoms with Crippen molar-refractivity contribution in [2.75, 3.05) is 11.3 Å². The van der Waals surface area contributed by atoms with Crippen molar-refractivity contribution in [2.45, 2.75) is 13.3 Å². The average molecular weight is 343 g/mol. The molecule has 0 aliphatic rings. The molecule has 102 valence electrons. The van der Waals surface area contributed by atoms with Crippen molar-refractivity contribution in [1.29, 1.82) is 0 Å². The number of rotatable bonds is 5. The molecular formula is C13H15BrN2O2S. The fourth-order valence-corrected chi connectivity index (χ4v) is 3.07. The van der Waals surface area contributed by atoms with Gasteiger partial charge in [0.15, 0.2) is 0 Å². The maximum absolute atomic E-state index is 11.7. The van der Waals surface area contributed by atoms with Gasteiger partial charge in [0.25, 0.3) is 10.2 Å². The van der Waals surface area contributed by atoms with E-state index < -0.39 is 10.2 Å². The van der Waals surface area contributed by atoms with E-state index in [4.69, 9.17) is 0 Å². The summed E-state index contributed by atoms with van der Waals surface area (Å²) in [5.74, 6) is 0. The molecule has 2 aromatic carbocycles. The molecule has 0 amide bonds. The van der Waals surface area contributed by atoms with Gasteiger partial charge < -0.3 is 0 Å². The summed E-state index contributed by atoms with van der Waals surface area (Å²) in [7, 11) is -3.48. The number of hydrogen-bond donors (Lipinski definition) is 2. The highest BCUT2D eigenvalue weighted by atomic mass is 79.9. The largest absolute Gasteiger partial charge is 0.299 e. The van der Waals surface area contributed by atoms with Crippen LogP contribution in [0.4, 0.5) is 5.69 Å². The number of benzene rings is 2. The highest BCUT2D eigenvalue weighted by Crippen LogP contribution is 2.23. The first kappa shape index (κ1) is 14.3. The molecule has 0 radical (unpaired) electrons. The Kier molecular flexibility index (Phi) is 4.44. The minimum atomic E-state index is -3.48. The van der Waals surface area contributed by atoms with Gasteiger partial charge in [0.1, 0.15) is 0 Å². The highest BCUT2D eigenvalue weighted by molar-refractivity contribution is 9.10. The van der Waals surface area contributed by atoms with Crippen molar-refractivity contribution in [3.8, 4) is 0 Å². The van der Waals surface area contributed by atoms with Crippen molar-refractivity contribution in [3.63, 3.8) is 0 Å². The lowest BCUT2D eigenvalue weighted by Gasteiger charge is -2.09. The van der Waals surface area contributed by atoms with Crippen molar-refractivity contribution < 1.29 is 8.42 Å². The summed E-state index contributed by atoms with van der Waals surface area (Å²) < 4.78 is 29.4. The normalized spacial score (nSPS) is 11.7. The Bertz CT molecular complexity index is 686. The molecule has 0 unspecified atom stereocenters. The van der Waals surface area contributed by atoms with Crippen LogP contribution in [0.3, 0.4) is 0 Å². The van der Waals surface area contributed by atoms with Crippen LogP contribution in [-0.4, -0.2) is 15.0 Å². The molecule has 0 saturated heterocycles. The van der Waals surface area contributed by atoms with Crippen molar-refractivity contribution in [3.05, 3.63) is 40.9 Å². The molecule has 0 bridgehead atoms. The van der Waals surface area contributed by atoms with Gasteiger partial charge in [-0.1, -0.05) is 35.0 Å². The Labute approximate surface area is 121 Å². The van der Waals surface area contributed by atoms with E-state index in [9.17, 15) is 8.42 Å². The maximum Gasteiger partial charge on any atom is 0.299 e. The molecule has 2 aromatic rings. The molecule has 0 saturated carbocycles. The van der Waals surface area contributed by atoms with Gasteiger partial charge in [0.2, 0.25) is 0 Å². The molecule has 4 nitrogen and oxygen atoms in total. The number of nitrogens with one attached hydrogen (secondary N) is 2. The van der Waals surface area contributed by atoms with Crippen LogP contribution in [-0.2, 0) is 10.2 Å². The van der Waals surface area contributed by atoms with E-state index in [1.54, 1.807) is 6.07 Å². The van der Waals surface area contributed by atoms with Crippen LogP contribution >= 0.6 is 15.9 Å². The second-order valence-corrected chi connectivity index (χ2v) is 6.62. The van der Waals surface area contributed by atoms with Gasteiger partial charge in [-0.25, -0.2) is 0 Å². The van der Waals surface area contributed by atoms with Crippen molar-refractivity contribution in [2.24, 2.45) is 0 Å². The van der Waals surface area contributed by atoms with Crippen molar-refractivity contribution in [1.82, 2.24) is 4.72 Å². The minimum Gasteiger partial charge on any atom is -0.271 e. The summed E-state index contributed by atoms with van der Waals surface area (Å²) in [4.78, 5) is 0. The third-order valence-corrected chi connectivity index (χ3v) is 4.18. The van der Waals surface area contributed by atoms with Crippen LogP contribution in [0.5, 0.6) is 0 Å². The van der Waals surface area contributed by atoms with Gasteiger partial charge in [0.05, 0.1) is 5.69 Å². The second-order valence-electron chi connectivity index (χ2n) is 4.21. The molecule has 0 aliphatic carbocycles. The zero-order valence-electron chi connectivity index (χ0n) is 10.5. The first-order valence-electron chi connectivity index (χ1n) is 5.97. The van der Waals surface area contributed by atoms with E-state index in [1.165, 1.54) is 0 Å².